The summed E-state index contributed by atoms with van der Waals surface area (Å²) in [5.74, 6) is 2.02. The fourth-order valence-electron chi connectivity index (χ4n) is 3.31. The summed E-state index contributed by atoms with van der Waals surface area (Å²) in [6.07, 6.45) is 0. The normalized spacial score (nSPS) is 28.5. The first-order valence-electron chi connectivity index (χ1n) is 8.74. The molecule has 0 aliphatic carbocycles. The van der Waals surface area contributed by atoms with E-state index >= 15 is 0 Å². The molecule has 4 rings (SSSR count). The largest absolute Gasteiger partial charge is 0.395 e. The number of benzene rings is 2. The molecular weight excluding hydrogens is 400 g/mol. The number of hydrogen-bond acceptors (Lipinski definition) is 6. The van der Waals surface area contributed by atoms with Crippen molar-refractivity contribution in [3.05, 3.63) is 59.7 Å². The van der Waals surface area contributed by atoms with Gasteiger partial charge in [0.2, 0.25) is 0 Å². The highest BCUT2D eigenvalue weighted by Crippen LogP contribution is 2.54. The molecule has 4 atom stereocenters. The van der Waals surface area contributed by atoms with Gasteiger partial charge >= 0.3 is 0 Å². The Hall–Kier alpha value is -0.240. The van der Waals surface area contributed by atoms with Gasteiger partial charge in [-0.1, -0.05) is 48.5 Å². The van der Waals surface area contributed by atoms with Crippen LogP contribution in [-0.2, 0) is 0 Å². The van der Waals surface area contributed by atoms with Crippen LogP contribution < -0.4 is 0 Å². The lowest BCUT2D eigenvalue weighted by atomic mass is 9.96. The summed E-state index contributed by atoms with van der Waals surface area (Å²) in [5.41, 5.74) is 5.33. The topological polar surface area (TPSA) is 40.5 Å². The zero-order valence-corrected chi connectivity index (χ0v) is 17.6. The molecule has 2 aliphatic rings. The SMILES string of the molecule is OCC1CSC(c2ccccc2-c2ccccc2C2SCC(CO)S2)S1. The van der Waals surface area contributed by atoms with E-state index in [4.69, 9.17) is 0 Å². The van der Waals surface area contributed by atoms with Gasteiger partial charge in [0.1, 0.15) is 0 Å². The summed E-state index contributed by atoms with van der Waals surface area (Å²) in [6, 6.07) is 17.4. The van der Waals surface area contributed by atoms with E-state index in [1.165, 1.54) is 22.3 Å². The molecule has 2 heterocycles. The van der Waals surface area contributed by atoms with Crippen LogP contribution >= 0.6 is 47.0 Å². The highest BCUT2D eigenvalue weighted by atomic mass is 32.2. The van der Waals surface area contributed by atoms with Gasteiger partial charge in [-0.05, 0) is 22.3 Å². The fourth-order valence-corrected chi connectivity index (χ4v) is 9.79. The van der Waals surface area contributed by atoms with Crippen LogP contribution in [0.2, 0.25) is 0 Å². The third-order valence-corrected chi connectivity index (χ3v) is 11.2. The van der Waals surface area contributed by atoms with E-state index in [0.717, 1.165) is 11.5 Å². The van der Waals surface area contributed by atoms with E-state index in [1.54, 1.807) is 0 Å². The van der Waals surface area contributed by atoms with Gasteiger partial charge in [-0.2, -0.15) is 0 Å². The van der Waals surface area contributed by atoms with Crippen molar-refractivity contribution >= 4 is 47.0 Å². The third kappa shape index (κ3) is 3.96. The molecule has 2 nitrogen and oxygen atoms in total. The second-order valence-corrected chi connectivity index (χ2v) is 12.1. The molecule has 2 fully saturated rings. The average Bonchev–Trinajstić information content (AvgIpc) is 3.37. The third-order valence-electron chi connectivity index (χ3n) is 4.63. The molecule has 0 amide bonds. The van der Waals surface area contributed by atoms with Gasteiger partial charge < -0.3 is 10.2 Å². The van der Waals surface area contributed by atoms with Crippen molar-refractivity contribution in [2.75, 3.05) is 24.7 Å². The van der Waals surface area contributed by atoms with Crippen molar-refractivity contribution in [3.63, 3.8) is 0 Å². The number of hydrogen-bond donors (Lipinski definition) is 2. The second kappa shape index (κ2) is 8.84. The van der Waals surface area contributed by atoms with Gasteiger partial charge in [-0.15, -0.1) is 47.0 Å². The number of thioether (sulfide) groups is 4. The highest BCUT2D eigenvalue weighted by molar-refractivity contribution is 8.20. The van der Waals surface area contributed by atoms with E-state index in [2.05, 4.69) is 48.5 Å². The van der Waals surface area contributed by atoms with Crippen LogP contribution in [0.15, 0.2) is 48.5 Å². The van der Waals surface area contributed by atoms with Crippen molar-refractivity contribution in [3.8, 4) is 11.1 Å². The maximum absolute atomic E-state index is 9.49. The van der Waals surface area contributed by atoms with Gasteiger partial charge in [0.15, 0.2) is 0 Å². The van der Waals surface area contributed by atoms with E-state index in [9.17, 15) is 10.2 Å². The Balaban J connectivity index is 1.69. The molecule has 2 aromatic carbocycles. The highest BCUT2D eigenvalue weighted by Gasteiger charge is 2.31. The van der Waals surface area contributed by atoms with Gasteiger partial charge in [0, 0.05) is 22.0 Å². The molecule has 4 unspecified atom stereocenters. The van der Waals surface area contributed by atoms with Crippen LogP contribution in [0.4, 0.5) is 0 Å². The molecule has 2 aliphatic heterocycles. The minimum Gasteiger partial charge on any atom is -0.395 e. The monoisotopic (exact) mass is 422 g/mol. The molecule has 6 heteroatoms. The minimum absolute atomic E-state index is 0.255. The van der Waals surface area contributed by atoms with Crippen molar-refractivity contribution < 1.29 is 10.2 Å². The Morgan fingerprint density at radius 3 is 1.50 bits per heavy atom. The van der Waals surface area contributed by atoms with Crippen LogP contribution in [0.1, 0.15) is 20.3 Å². The summed E-state index contributed by atoms with van der Waals surface area (Å²) in [7, 11) is 0. The van der Waals surface area contributed by atoms with Crippen LogP contribution in [0.25, 0.3) is 11.1 Å². The molecule has 26 heavy (non-hydrogen) atoms. The second-order valence-electron chi connectivity index (χ2n) is 6.39. The molecular formula is C20H22O2S4. The maximum Gasteiger partial charge on any atom is 0.0761 e. The van der Waals surface area contributed by atoms with Gasteiger partial charge in [0.05, 0.1) is 22.4 Å². The van der Waals surface area contributed by atoms with Gasteiger partial charge in [-0.3, -0.25) is 0 Å². The van der Waals surface area contributed by atoms with Gasteiger partial charge in [-0.25, -0.2) is 0 Å². The molecule has 138 valence electrons. The first kappa shape index (κ1) is 19.1. The van der Waals surface area contributed by atoms with Crippen LogP contribution in [-0.4, -0.2) is 45.4 Å². The summed E-state index contributed by atoms with van der Waals surface area (Å²) in [4.78, 5) is 0. The first-order valence-corrected chi connectivity index (χ1v) is 12.7. The maximum atomic E-state index is 9.49. The Morgan fingerprint density at radius 1 is 0.692 bits per heavy atom. The fraction of sp³-hybridized carbons (Fsp3) is 0.400. The molecule has 2 aromatic rings. The summed E-state index contributed by atoms with van der Waals surface area (Å²) < 4.78 is 0.760. The summed E-state index contributed by atoms with van der Waals surface area (Å²) >= 11 is 7.65. The molecule has 0 spiro atoms. The zero-order valence-electron chi connectivity index (χ0n) is 14.3. The first-order chi connectivity index (χ1) is 12.8. The molecule has 0 bridgehead atoms. The van der Waals surface area contributed by atoms with E-state index < -0.39 is 0 Å². The Kier molecular flexibility index (Phi) is 6.49. The zero-order chi connectivity index (χ0) is 17.9. The Morgan fingerprint density at radius 2 is 1.12 bits per heavy atom. The van der Waals surface area contributed by atoms with Crippen molar-refractivity contribution in [2.45, 2.75) is 19.7 Å². The smallest absolute Gasteiger partial charge is 0.0761 e. The lowest BCUT2D eigenvalue weighted by Gasteiger charge is -2.20. The van der Waals surface area contributed by atoms with Crippen molar-refractivity contribution in [1.29, 1.82) is 0 Å². The van der Waals surface area contributed by atoms with Crippen LogP contribution in [0.5, 0.6) is 0 Å². The molecule has 2 saturated heterocycles. The van der Waals surface area contributed by atoms with E-state index in [1.807, 2.05) is 47.0 Å². The van der Waals surface area contributed by atoms with Crippen LogP contribution in [0.3, 0.4) is 0 Å². The number of aliphatic hydroxyl groups is 2. The summed E-state index contributed by atoms with van der Waals surface area (Å²) in [5, 5.41) is 19.7. The number of aliphatic hydroxyl groups excluding tert-OH is 2. The predicted molar refractivity (Wildman–Crippen MR) is 119 cm³/mol. The van der Waals surface area contributed by atoms with Gasteiger partial charge in [0.25, 0.3) is 0 Å². The van der Waals surface area contributed by atoms with E-state index in [0.29, 0.717) is 19.7 Å². The Labute approximate surface area is 171 Å². The molecule has 0 aromatic heterocycles. The predicted octanol–water partition coefficient (Wildman–Crippen LogP) is 5.03. The lowest BCUT2D eigenvalue weighted by molar-refractivity contribution is 0.301. The number of rotatable bonds is 5. The minimum atomic E-state index is 0.255. The quantitative estimate of drug-likeness (QED) is 0.704. The van der Waals surface area contributed by atoms with Crippen molar-refractivity contribution in [2.24, 2.45) is 0 Å². The van der Waals surface area contributed by atoms with Crippen molar-refractivity contribution in [1.82, 2.24) is 0 Å². The molecule has 2 N–H and O–H groups in total. The standard InChI is InChI=1S/C20H22O2S4/c21-9-13-11-23-19(25-13)17-7-3-1-5-15(17)16-6-2-4-8-18(16)20-24-12-14(10-22)26-20/h1-8,13-14,19-22H,9-12H2. The Bertz CT molecular complexity index is 691. The van der Waals surface area contributed by atoms with Crippen LogP contribution in [0, 0.1) is 0 Å². The molecule has 0 saturated carbocycles. The van der Waals surface area contributed by atoms with E-state index in [-0.39, 0.29) is 13.2 Å². The summed E-state index contributed by atoms with van der Waals surface area (Å²) in [6.45, 7) is 0.510. The lowest BCUT2D eigenvalue weighted by Crippen LogP contribution is -2.06. The average molecular weight is 423 g/mol. The molecule has 0 radical (unpaired) electrons.